The smallest absolute Gasteiger partial charge is 0.160 e. The van der Waals surface area contributed by atoms with Gasteiger partial charge in [0.25, 0.3) is 0 Å². The zero-order chi connectivity index (χ0) is 13.7. The molecule has 0 aliphatic carbocycles. The average molecular weight is 322 g/mol. The lowest BCUT2D eigenvalue weighted by molar-refractivity contribution is 0.373. The molecule has 100 valence electrons. The summed E-state index contributed by atoms with van der Waals surface area (Å²) in [5.74, 6) is 0.664. The molecule has 0 bridgehead atoms. The van der Waals surface area contributed by atoms with Gasteiger partial charge in [0.2, 0.25) is 0 Å². The Balaban J connectivity index is 1.94. The number of phenolic OH excluding ortho intramolecular Hbond substituents is 1. The van der Waals surface area contributed by atoms with Gasteiger partial charge in [-0.05, 0) is 29.3 Å². The predicted octanol–water partition coefficient (Wildman–Crippen LogP) is 3.45. The lowest BCUT2D eigenvalue weighted by atomic mass is 10.2. The van der Waals surface area contributed by atoms with Gasteiger partial charge in [0.1, 0.15) is 0 Å². The van der Waals surface area contributed by atoms with Crippen molar-refractivity contribution < 1.29 is 9.84 Å². The van der Waals surface area contributed by atoms with E-state index in [1.54, 1.807) is 13.2 Å². The van der Waals surface area contributed by atoms with E-state index in [1.807, 2.05) is 30.3 Å². The zero-order valence-corrected chi connectivity index (χ0v) is 12.3. The molecule has 0 radical (unpaired) electrons. The van der Waals surface area contributed by atoms with E-state index in [4.69, 9.17) is 4.74 Å². The minimum absolute atomic E-state index is 0.164. The third-order valence-corrected chi connectivity index (χ3v) is 3.62. The number of hydrogen-bond acceptors (Lipinski definition) is 3. The monoisotopic (exact) mass is 321 g/mol. The molecule has 2 aromatic carbocycles. The van der Waals surface area contributed by atoms with E-state index >= 15 is 0 Å². The first-order chi connectivity index (χ1) is 9.20. The predicted molar refractivity (Wildman–Crippen MR) is 79.3 cm³/mol. The first kappa shape index (κ1) is 13.9. The van der Waals surface area contributed by atoms with Crippen LogP contribution in [0.4, 0.5) is 0 Å². The molecule has 0 unspecified atom stereocenters. The van der Waals surface area contributed by atoms with Gasteiger partial charge in [0.05, 0.1) is 7.11 Å². The average Bonchev–Trinajstić information content (AvgIpc) is 2.43. The van der Waals surface area contributed by atoms with Crippen molar-refractivity contribution in [3.8, 4) is 11.5 Å². The van der Waals surface area contributed by atoms with Crippen molar-refractivity contribution in [3.05, 3.63) is 58.1 Å². The van der Waals surface area contributed by atoms with Crippen molar-refractivity contribution in [2.45, 2.75) is 13.1 Å². The summed E-state index contributed by atoms with van der Waals surface area (Å²) in [4.78, 5) is 0. The highest BCUT2D eigenvalue weighted by molar-refractivity contribution is 9.10. The number of halogens is 1. The summed E-state index contributed by atoms with van der Waals surface area (Å²) in [6, 6.07) is 13.5. The second kappa shape index (κ2) is 6.59. The lowest BCUT2D eigenvalue weighted by Crippen LogP contribution is -2.13. The van der Waals surface area contributed by atoms with Crippen molar-refractivity contribution in [1.29, 1.82) is 0 Å². The van der Waals surface area contributed by atoms with Crippen LogP contribution in [0.1, 0.15) is 11.1 Å². The first-order valence-corrected chi connectivity index (χ1v) is 6.80. The number of phenols is 1. The van der Waals surface area contributed by atoms with Gasteiger partial charge >= 0.3 is 0 Å². The molecular formula is C15H16BrNO2. The molecule has 4 heteroatoms. The number of methoxy groups -OCH3 is 1. The highest BCUT2D eigenvalue weighted by atomic mass is 79.9. The van der Waals surface area contributed by atoms with Crippen LogP contribution < -0.4 is 10.1 Å². The first-order valence-electron chi connectivity index (χ1n) is 6.00. The van der Waals surface area contributed by atoms with Gasteiger partial charge in [-0.15, -0.1) is 0 Å². The van der Waals surface area contributed by atoms with Crippen molar-refractivity contribution >= 4 is 15.9 Å². The van der Waals surface area contributed by atoms with Gasteiger partial charge < -0.3 is 15.2 Å². The van der Waals surface area contributed by atoms with E-state index in [1.165, 1.54) is 5.56 Å². The maximum atomic E-state index is 9.52. The van der Waals surface area contributed by atoms with Crippen LogP contribution in [0.2, 0.25) is 0 Å². The molecule has 0 heterocycles. The van der Waals surface area contributed by atoms with Crippen LogP contribution >= 0.6 is 15.9 Å². The lowest BCUT2D eigenvalue weighted by Gasteiger charge is -2.09. The van der Waals surface area contributed by atoms with Crippen molar-refractivity contribution in [1.82, 2.24) is 5.32 Å². The summed E-state index contributed by atoms with van der Waals surface area (Å²) in [6.07, 6.45) is 0. The Morgan fingerprint density at radius 1 is 1.16 bits per heavy atom. The quantitative estimate of drug-likeness (QED) is 0.886. The van der Waals surface area contributed by atoms with E-state index in [0.717, 1.165) is 23.1 Å². The second-order valence-electron chi connectivity index (χ2n) is 4.20. The summed E-state index contributed by atoms with van der Waals surface area (Å²) >= 11 is 3.52. The number of benzene rings is 2. The second-order valence-corrected chi connectivity index (χ2v) is 5.06. The molecule has 0 amide bonds. The van der Waals surface area contributed by atoms with Gasteiger partial charge in [-0.1, -0.05) is 40.2 Å². The van der Waals surface area contributed by atoms with Gasteiger partial charge in [0.15, 0.2) is 11.5 Å². The minimum Gasteiger partial charge on any atom is -0.504 e. The fourth-order valence-electron chi connectivity index (χ4n) is 1.82. The van der Waals surface area contributed by atoms with Crippen LogP contribution in [0.5, 0.6) is 11.5 Å². The van der Waals surface area contributed by atoms with Crippen LogP contribution in [0, 0.1) is 0 Å². The highest BCUT2D eigenvalue weighted by Crippen LogP contribution is 2.26. The molecule has 0 fully saturated rings. The highest BCUT2D eigenvalue weighted by Gasteiger charge is 2.03. The third kappa shape index (κ3) is 3.72. The molecule has 0 aliphatic rings. The Morgan fingerprint density at radius 2 is 1.95 bits per heavy atom. The van der Waals surface area contributed by atoms with Gasteiger partial charge in [0, 0.05) is 17.6 Å². The number of aromatic hydroxyl groups is 1. The SMILES string of the molecule is COc1cc(CNCc2ccccc2Br)ccc1O. The summed E-state index contributed by atoms with van der Waals surface area (Å²) in [7, 11) is 1.55. The van der Waals surface area contributed by atoms with Crippen molar-refractivity contribution in [3.63, 3.8) is 0 Å². The number of rotatable bonds is 5. The van der Waals surface area contributed by atoms with Crippen molar-refractivity contribution in [2.24, 2.45) is 0 Å². The van der Waals surface area contributed by atoms with E-state index in [2.05, 4.69) is 27.3 Å². The maximum Gasteiger partial charge on any atom is 0.160 e. The standard InChI is InChI=1S/C15H16BrNO2/c1-19-15-8-11(6-7-14(15)18)9-17-10-12-4-2-3-5-13(12)16/h2-8,17-18H,9-10H2,1H3. The Kier molecular flexibility index (Phi) is 4.82. The Bertz CT molecular complexity index is 558. The molecule has 19 heavy (non-hydrogen) atoms. The van der Waals surface area contributed by atoms with E-state index in [-0.39, 0.29) is 5.75 Å². The van der Waals surface area contributed by atoms with Crippen molar-refractivity contribution in [2.75, 3.05) is 7.11 Å². The van der Waals surface area contributed by atoms with Gasteiger partial charge in [-0.2, -0.15) is 0 Å². The summed E-state index contributed by atoms with van der Waals surface area (Å²) in [6.45, 7) is 1.50. The van der Waals surface area contributed by atoms with Gasteiger partial charge in [-0.3, -0.25) is 0 Å². The largest absolute Gasteiger partial charge is 0.504 e. The molecule has 0 atom stereocenters. The van der Waals surface area contributed by atoms with Crippen LogP contribution in [-0.2, 0) is 13.1 Å². The normalized spacial score (nSPS) is 10.4. The Morgan fingerprint density at radius 3 is 2.68 bits per heavy atom. The van der Waals surface area contributed by atoms with Crippen LogP contribution in [0.25, 0.3) is 0 Å². The molecular weight excluding hydrogens is 306 g/mol. The molecule has 3 nitrogen and oxygen atoms in total. The Labute approximate surface area is 121 Å². The molecule has 0 saturated heterocycles. The van der Waals surface area contributed by atoms with E-state index in [9.17, 15) is 5.11 Å². The third-order valence-electron chi connectivity index (χ3n) is 2.85. The fraction of sp³-hybridized carbons (Fsp3) is 0.200. The molecule has 2 aromatic rings. The molecule has 2 rings (SSSR count). The molecule has 0 aromatic heterocycles. The molecule has 0 saturated carbocycles. The fourth-order valence-corrected chi connectivity index (χ4v) is 2.24. The van der Waals surface area contributed by atoms with Crippen LogP contribution in [-0.4, -0.2) is 12.2 Å². The summed E-state index contributed by atoms with van der Waals surface area (Å²) < 4.78 is 6.19. The minimum atomic E-state index is 0.164. The summed E-state index contributed by atoms with van der Waals surface area (Å²) in [5, 5.41) is 12.9. The van der Waals surface area contributed by atoms with Crippen LogP contribution in [0.3, 0.4) is 0 Å². The maximum absolute atomic E-state index is 9.52. The number of hydrogen-bond donors (Lipinski definition) is 2. The topological polar surface area (TPSA) is 41.5 Å². The zero-order valence-electron chi connectivity index (χ0n) is 10.7. The van der Waals surface area contributed by atoms with Gasteiger partial charge in [-0.25, -0.2) is 0 Å². The number of ether oxygens (including phenoxy) is 1. The van der Waals surface area contributed by atoms with E-state index < -0.39 is 0 Å². The van der Waals surface area contributed by atoms with Crippen LogP contribution in [0.15, 0.2) is 46.9 Å². The molecule has 0 aliphatic heterocycles. The molecule has 0 spiro atoms. The molecule has 2 N–H and O–H groups in total. The summed E-state index contributed by atoms with van der Waals surface area (Å²) in [5.41, 5.74) is 2.29. The van der Waals surface area contributed by atoms with E-state index in [0.29, 0.717) is 5.75 Å². The Hall–Kier alpha value is -1.52. The number of nitrogens with one attached hydrogen (secondary N) is 1.